The fraction of sp³-hybridized carbons (Fsp3) is 0.320. The van der Waals surface area contributed by atoms with Gasteiger partial charge in [-0.1, -0.05) is 0 Å². The van der Waals surface area contributed by atoms with Crippen LogP contribution in [-0.2, 0) is 0 Å². The molecule has 1 aliphatic heterocycles. The minimum atomic E-state index is 0.184. The zero-order valence-electron chi connectivity index (χ0n) is 19.7. The summed E-state index contributed by atoms with van der Waals surface area (Å²) in [4.78, 5) is 14.1. The van der Waals surface area contributed by atoms with Crippen molar-refractivity contribution in [1.29, 1.82) is 0 Å². The Bertz CT molecular complexity index is 1510. The molecule has 6 rings (SSSR count). The van der Waals surface area contributed by atoms with Crippen LogP contribution in [0.4, 0.5) is 0 Å². The Labute approximate surface area is 197 Å². The summed E-state index contributed by atoms with van der Waals surface area (Å²) in [5.41, 5.74) is 14.0. The first-order valence-corrected chi connectivity index (χ1v) is 11.6. The van der Waals surface area contributed by atoms with Crippen LogP contribution in [0.1, 0.15) is 50.7 Å². The first-order valence-electron chi connectivity index (χ1n) is 11.6. The fourth-order valence-electron chi connectivity index (χ4n) is 4.61. The highest BCUT2D eigenvalue weighted by Crippen LogP contribution is 2.31. The zero-order valence-corrected chi connectivity index (χ0v) is 19.7. The van der Waals surface area contributed by atoms with E-state index in [-0.39, 0.29) is 6.04 Å². The van der Waals surface area contributed by atoms with Gasteiger partial charge in [0.2, 0.25) is 0 Å². The van der Waals surface area contributed by atoms with Gasteiger partial charge in [0.05, 0.1) is 35.5 Å². The number of pyridine rings is 2. The maximum Gasteiger partial charge on any atom is 0.160 e. The maximum atomic E-state index is 4.90. The first-order chi connectivity index (χ1) is 16.5. The van der Waals surface area contributed by atoms with Gasteiger partial charge < -0.3 is 0 Å². The van der Waals surface area contributed by atoms with Gasteiger partial charge in [0.1, 0.15) is 0 Å². The number of rotatable bonds is 4. The lowest BCUT2D eigenvalue weighted by Crippen LogP contribution is -2.29. The summed E-state index contributed by atoms with van der Waals surface area (Å²) < 4.78 is 3.86. The molecular weight excluding hydrogens is 426 g/mol. The van der Waals surface area contributed by atoms with Crippen LogP contribution in [0.5, 0.6) is 0 Å². The van der Waals surface area contributed by atoms with E-state index in [4.69, 9.17) is 10.1 Å². The molecule has 34 heavy (non-hydrogen) atoms. The van der Waals surface area contributed by atoms with Gasteiger partial charge in [-0.15, -0.1) is 0 Å². The number of nitrogens with zero attached hydrogens (tertiary/aromatic N) is 7. The highest BCUT2D eigenvalue weighted by atomic mass is 15.4. The first kappa shape index (κ1) is 20.9. The van der Waals surface area contributed by atoms with Crippen molar-refractivity contribution in [1.82, 2.24) is 45.2 Å². The molecule has 0 aromatic carbocycles. The van der Waals surface area contributed by atoms with E-state index < -0.39 is 0 Å². The molecule has 2 N–H and O–H groups in total. The summed E-state index contributed by atoms with van der Waals surface area (Å²) in [6, 6.07) is 9.17. The molecule has 6 heterocycles. The summed E-state index contributed by atoms with van der Waals surface area (Å²) in [5, 5.41) is 10.4. The Kier molecular flexibility index (Phi) is 4.89. The summed E-state index contributed by atoms with van der Waals surface area (Å²) >= 11 is 0. The number of aromatic nitrogens is 7. The Morgan fingerprint density at radius 3 is 2.71 bits per heavy atom. The number of hydrogen-bond acceptors (Lipinski definition) is 7. The molecule has 172 valence electrons. The lowest BCUT2D eigenvalue weighted by atomic mass is 10.1. The molecule has 0 aliphatic carbocycles. The van der Waals surface area contributed by atoms with Crippen LogP contribution >= 0.6 is 0 Å². The quantitative estimate of drug-likeness (QED) is 0.424. The van der Waals surface area contributed by atoms with E-state index in [0.717, 1.165) is 56.9 Å². The third kappa shape index (κ3) is 3.44. The van der Waals surface area contributed by atoms with Gasteiger partial charge in [0.15, 0.2) is 11.3 Å². The van der Waals surface area contributed by atoms with E-state index in [1.54, 1.807) is 6.20 Å². The van der Waals surface area contributed by atoms with Crippen LogP contribution in [0, 0.1) is 6.92 Å². The van der Waals surface area contributed by atoms with Gasteiger partial charge >= 0.3 is 0 Å². The highest BCUT2D eigenvalue weighted by molar-refractivity contribution is 5.92. The number of aryl methyl sites for hydroxylation is 1. The van der Waals surface area contributed by atoms with E-state index in [1.807, 2.05) is 34.6 Å². The van der Waals surface area contributed by atoms with Crippen LogP contribution < -0.4 is 10.9 Å². The van der Waals surface area contributed by atoms with Crippen molar-refractivity contribution in [2.75, 3.05) is 0 Å². The Morgan fingerprint density at radius 2 is 1.94 bits per heavy atom. The second kappa shape index (κ2) is 7.96. The number of fused-ring (bicyclic) bond motifs is 2. The standard InChI is InChI=1S/C25H27N9/c1-14(2)33-13-17(11-28-33)20-10-24-27-12-23(34(24)32-16(20)4)18-7-8-26-25-19(18)5-6-21(29-25)22-9-15(3)30-31-22/h5-8,10-15,22,30-31H,9H2,1-4H3. The highest BCUT2D eigenvalue weighted by Gasteiger charge is 2.23. The predicted molar refractivity (Wildman–Crippen MR) is 131 cm³/mol. The summed E-state index contributed by atoms with van der Waals surface area (Å²) in [6.07, 6.45) is 8.62. The Morgan fingerprint density at radius 1 is 1.06 bits per heavy atom. The second-order valence-corrected chi connectivity index (χ2v) is 9.30. The molecule has 5 aromatic rings. The molecule has 9 nitrogen and oxygen atoms in total. The Balaban J connectivity index is 1.42. The molecule has 1 fully saturated rings. The molecule has 2 atom stereocenters. The molecule has 1 aliphatic rings. The van der Waals surface area contributed by atoms with Crippen molar-refractivity contribution in [3.05, 3.63) is 60.4 Å². The molecular formula is C25H27N9. The van der Waals surface area contributed by atoms with Crippen LogP contribution in [0.15, 0.2) is 49.1 Å². The summed E-state index contributed by atoms with van der Waals surface area (Å²) in [6.45, 7) is 8.41. The third-order valence-electron chi connectivity index (χ3n) is 6.47. The number of hydrogen-bond donors (Lipinski definition) is 2. The lowest BCUT2D eigenvalue weighted by molar-refractivity contribution is 0.532. The van der Waals surface area contributed by atoms with Crippen molar-refractivity contribution in [2.24, 2.45) is 0 Å². The average Bonchev–Trinajstić information content (AvgIpc) is 3.57. The molecule has 0 saturated carbocycles. The third-order valence-corrected chi connectivity index (χ3v) is 6.47. The minimum absolute atomic E-state index is 0.184. The van der Waals surface area contributed by atoms with Gasteiger partial charge in [-0.05, 0) is 58.4 Å². The van der Waals surface area contributed by atoms with Crippen molar-refractivity contribution in [2.45, 2.75) is 52.2 Å². The smallest absolute Gasteiger partial charge is 0.160 e. The SMILES string of the molecule is Cc1nn2c(-c3ccnc4nc(C5CC(C)NN5)ccc34)cnc2cc1-c1cnn(C(C)C)c1. The monoisotopic (exact) mass is 453 g/mol. The topological polar surface area (TPSA) is 97.8 Å². The maximum absolute atomic E-state index is 4.90. The van der Waals surface area contributed by atoms with Gasteiger partial charge in [-0.3, -0.25) is 10.1 Å². The molecule has 2 unspecified atom stereocenters. The lowest BCUT2D eigenvalue weighted by Gasteiger charge is -2.11. The molecule has 5 aromatic heterocycles. The predicted octanol–water partition coefficient (Wildman–Crippen LogP) is 4.02. The molecule has 0 spiro atoms. The summed E-state index contributed by atoms with van der Waals surface area (Å²) in [7, 11) is 0. The van der Waals surface area contributed by atoms with Crippen molar-refractivity contribution in [3.8, 4) is 22.4 Å². The number of hydrazine groups is 1. The van der Waals surface area contributed by atoms with Gasteiger partial charge in [-0.25, -0.2) is 24.9 Å². The van der Waals surface area contributed by atoms with E-state index in [9.17, 15) is 0 Å². The Hall–Kier alpha value is -3.69. The van der Waals surface area contributed by atoms with Gasteiger partial charge in [0.25, 0.3) is 0 Å². The normalized spacial score (nSPS) is 18.5. The van der Waals surface area contributed by atoms with Crippen LogP contribution in [-0.4, -0.2) is 40.4 Å². The zero-order chi connectivity index (χ0) is 23.4. The second-order valence-electron chi connectivity index (χ2n) is 9.30. The minimum Gasteiger partial charge on any atom is -0.270 e. The fourth-order valence-corrected chi connectivity index (χ4v) is 4.61. The molecule has 0 radical (unpaired) electrons. The molecule has 9 heteroatoms. The number of imidazole rings is 1. The van der Waals surface area contributed by atoms with Gasteiger partial charge in [0, 0.05) is 46.6 Å². The van der Waals surface area contributed by atoms with E-state index in [0.29, 0.717) is 12.1 Å². The van der Waals surface area contributed by atoms with Crippen LogP contribution in [0.2, 0.25) is 0 Å². The largest absolute Gasteiger partial charge is 0.270 e. The van der Waals surface area contributed by atoms with Crippen molar-refractivity contribution in [3.63, 3.8) is 0 Å². The van der Waals surface area contributed by atoms with E-state index >= 15 is 0 Å². The molecule has 0 amide bonds. The van der Waals surface area contributed by atoms with Crippen LogP contribution in [0.25, 0.3) is 39.1 Å². The van der Waals surface area contributed by atoms with Crippen molar-refractivity contribution < 1.29 is 0 Å². The number of nitrogens with one attached hydrogen (secondary N) is 2. The molecule has 1 saturated heterocycles. The van der Waals surface area contributed by atoms with Crippen molar-refractivity contribution >= 4 is 16.7 Å². The average molecular weight is 454 g/mol. The van der Waals surface area contributed by atoms with E-state index in [1.165, 1.54) is 0 Å². The van der Waals surface area contributed by atoms with E-state index in [2.05, 4.69) is 71.1 Å². The van der Waals surface area contributed by atoms with Gasteiger partial charge in [-0.2, -0.15) is 10.2 Å². The summed E-state index contributed by atoms with van der Waals surface area (Å²) in [5.74, 6) is 0. The molecule has 0 bridgehead atoms. The van der Waals surface area contributed by atoms with Crippen LogP contribution in [0.3, 0.4) is 0 Å².